The Morgan fingerprint density at radius 2 is 1.81 bits per heavy atom. The van der Waals surface area contributed by atoms with Crippen molar-refractivity contribution in [3.63, 3.8) is 0 Å². The van der Waals surface area contributed by atoms with Crippen LogP contribution in [0.15, 0.2) is 48.7 Å². The van der Waals surface area contributed by atoms with Crippen LogP contribution in [0.2, 0.25) is 0 Å². The number of carbonyl (C=O) groups is 2. The monoisotopic (exact) mass is 491 g/mol. The summed E-state index contributed by atoms with van der Waals surface area (Å²) in [5.41, 5.74) is 3.20. The van der Waals surface area contributed by atoms with Gasteiger partial charge >= 0.3 is 0 Å². The number of methoxy groups -OCH3 is 2. The summed E-state index contributed by atoms with van der Waals surface area (Å²) in [5.74, 6) is 1.39. The van der Waals surface area contributed by atoms with Gasteiger partial charge in [-0.15, -0.1) is 0 Å². The van der Waals surface area contributed by atoms with Crippen LogP contribution in [0.1, 0.15) is 44.2 Å². The van der Waals surface area contributed by atoms with Crippen LogP contribution in [0.5, 0.6) is 11.5 Å². The average Bonchev–Trinajstić information content (AvgIpc) is 3.26. The molecule has 7 nitrogen and oxygen atoms in total. The molecule has 0 atom stereocenters. The molecule has 4 rings (SSSR count). The Bertz CT molecular complexity index is 1200. The Labute approximate surface area is 213 Å². The molecular weight excluding hydrogens is 454 g/mol. The quantitative estimate of drug-likeness (QED) is 0.418. The number of nitrogens with zero attached hydrogens (tertiary/aromatic N) is 2. The molecule has 1 heterocycles. The van der Waals surface area contributed by atoms with Gasteiger partial charge in [0.1, 0.15) is 0 Å². The molecule has 1 aromatic heterocycles. The van der Waals surface area contributed by atoms with Crippen LogP contribution >= 0.6 is 0 Å². The smallest absolute Gasteiger partial charge is 0.242 e. The Kier molecular flexibility index (Phi) is 8.18. The largest absolute Gasteiger partial charge is 0.493 e. The third kappa shape index (κ3) is 5.66. The van der Waals surface area contributed by atoms with E-state index in [4.69, 9.17) is 9.47 Å². The lowest BCUT2D eigenvalue weighted by molar-refractivity contribution is -0.146. The van der Waals surface area contributed by atoms with Gasteiger partial charge in [0.2, 0.25) is 11.8 Å². The molecule has 1 fully saturated rings. The molecule has 1 aliphatic rings. The lowest BCUT2D eigenvalue weighted by Crippen LogP contribution is -2.49. The fourth-order valence-electron chi connectivity index (χ4n) is 4.74. The SMILES string of the molecule is COc1ccc(CN(CCc2c[nH]c3ccccc23)C(=O)CN(C(=O)C2CCC2)C(C)C)cc1OC. The number of carbonyl (C=O) groups excluding carboxylic acids is 2. The molecule has 0 saturated heterocycles. The second-order valence-corrected chi connectivity index (χ2v) is 9.80. The van der Waals surface area contributed by atoms with E-state index in [-0.39, 0.29) is 30.3 Å². The molecule has 0 bridgehead atoms. The zero-order valence-electron chi connectivity index (χ0n) is 21.8. The van der Waals surface area contributed by atoms with Gasteiger partial charge in [-0.2, -0.15) is 0 Å². The number of hydrogen-bond donors (Lipinski definition) is 1. The Hall–Kier alpha value is -3.48. The summed E-state index contributed by atoms with van der Waals surface area (Å²) in [5, 5.41) is 1.17. The Morgan fingerprint density at radius 3 is 2.47 bits per heavy atom. The average molecular weight is 492 g/mol. The first-order chi connectivity index (χ1) is 17.4. The number of aromatic amines is 1. The van der Waals surface area contributed by atoms with Crippen molar-refractivity contribution < 1.29 is 19.1 Å². The van der Waals surface area contributed by atoms with E-state index in [0.717, 1.165) is 30.3 Å². The second kappa shape index (κ2) is 11.5. The van der Waals surface area contributed by atoms with Crippen LogP contribution in [0.25, 0.3) is 10.9 Å². The molecule has 1 N–H and O–H groups in total. The maximum Gasteiger partial charge on any atom is 0.242 e. The minimum Gasteiger partial charge on any atom is -0.493 e. The highest BCUT2D eigenvalue weighted by atomic mass is 16.5. The number of benzene rings is 2. The number of H-pyrrole nitrogens is 1. The molecule has 36 heavy (non-hydrogen) atoms. The molecule has 2 amide bonds. The highest BCUT2D eigenvalue weighted by molar-refractivity contribution is 5.87. The van der Waals surface area contributed by atoms with Crippen molar-refractivity contribution in [3.8, 4) is 11.5 Å². The zero-order valence-corrected chi connectivity index (χ0v) is 21.8. The number of aromatic nitrogens is 1. The molecular formula is C29H37N3O4. The van der Waals surface area contributed by atoms with Gasteiger partial charge < -0.3 is 24.3 Å². The first-order valence-electron chi connectivity index (χ1n) is 12.8. The zero-order chi connectivity index (χ0) is 25.7. The maximum atomic E-state index is 13.7. The number of para-hydroxylation sites is 1. The number of amides is 2. The molecule has 0 spiro atoms. The number of rotatable bonds is 11. The Morgan fingerprint density at radius 1 is 1.06 bits per heavy atom. The molecule has 7 heteroatoms. The molecule has 192 valence electrons. The van der Waals surface area contributed by atoms with Gasteiger partial charge in [0.15, 0.2) is 11.5 Å². The van der Waals surface area contributed by atoms with Crippen molar-refractivity contribution in [1.82, 2.24) is 14.8 Å². The number of fused-ring (bicyclic) bond motifs is 1. The van der Waals surface area contributed by atoms with Gasteiger partial charge in [-0.1, -0.05) is 30.7 Å². The lowest BCUT2D eigenvalue weighted by Gasteiger charge is -2.35. The van der Waals surface area contributed by atoms with E-state index in [1.807, 2.05) is 55.3 Å². The van der Waals surface area contributed by atoms with Crippen LogP contribution in [-0.2, 0) is 22.6 Å². The van der Waals surface area contributed by atoms with Crippen LogP contribution in [0, 0.1) is 5.92 Å². The Balaban J connectivity index is 1.55. The van der Waals surface area contributed by atoms with Gasteiger partial charge in [0.05, 0.1) is 20.8 Å². The predicted molar refractivity (Wildman–Crippen MR) is 141 cm³/mol. The highest BCUT2D eigenvalue weighted by Gasteiger charge is 2.32. The fraction of sp³-hybridized carbons (Fsp3) is 0.448. The summed E-state index contributed by atoms with van der Waals surface area (Å²) < 4.78 is 10.8. The van der Waals surface area contributed by atoms with E-state index in [0.29, 0.717) is 31.0 Å². The highest BCUT2D eigenvalue weighted by Crippen LogP contribution is 2.30. The van der Waals surface area contributed by atoms with E-state index >= 15 is 0 Å². The number of ether oxygens (including phenoxy) is 2. The van der Waals surface area contributed by atoms with E-state index < -0.39 is 0 Å². The molecule has 0 radical (unpaired) electrons. The second-order valence-electron chi connectivity index (χ2n) is 9.80. The van der Waals surface area contributed by atoms with Gasteiger partial charge in [0.25, 0.3) is 0 Å². The van der Waals surface area contributed by atoms with E-state index in [2.05, 4.69) is 17.1 Å². The number of nitrogens with one attached hydrogen (secondary N) is 1. The predicted octanol–water partition coefficient (Wildman–Crippen LogP) is 4.79. The summed E-state index contributed by atoms with van der Waals surface area (Å²) in [6, 6.07) is 13.9. The van der Waals surface area contributed by atoms with Crippen LogP contribution in [-0.4, -0.2) is 59.9 Å². The molecule has 1 saturated carbocycles. The van der Waals surface area contributed by atoms with Crippen molar-refractivity contribution in [2.75, 3.05) is 27.3 Å². The van der Waals surface area contributed by atoms with Crippen molar-refractivity contribution in [2.24, 2.45) is 5.92 Å². The van der Waals surface area contributed by atoms with E-state index in [1.165, 1.54) is 10.9 Å². The summed E-state index contributed by atoms with van der Waals surface area (Å²) in [7, 11) is 3.21. The molecule has 3 aromatic rings. The molecule has 0 aliphatic heterocycles. The van der Waals surface area contributed by atoms with Crippen molar-refractivity contribution in [3.05, 3.63) is 59.8 Å². The van der Waals surface area contributed by atoms with Crippen LogP contribution in [0.4, 0.5) is 0 Å². The molecule has 2 aromatic carbocycles. The van der Waals surface area contributed by atoms with Crippen molar-refractivity contribution in [2.45, 2.75) is 52.1 Å². The van der Waals surface area contributed by atoms with E-state index in [9.17, 15) is 9.59 Å². The van der Waals surface area contributed by atoms with Crippen LogP contribution < -0.4 is 9.47 Å². The first kappa shape index (κ1) is 25.6. The lowest BCUT2D eigenvalue weighted by atomic mass is 9.84. The third-order valence-corrected chi connectivity index (χ3v) is 7.17. The maximum absolute atomic E-state index is 13.7. The standard InChI is InChI=1S/C29H37N3O4/c1-20(2)32(29(34)22-8-7-9-22)19-28(33)31(18-21-12-13-26(35-3)27(16-21)36-4)15-14-23-17-30-25-11-6-5-10-24(23)25/h5-6,10-13,16-17,20,22,30H,7-9,14-15,18-19H2,1-4H3. The summed E-state index contributed by atoms with van der Waals surface area (Å²) >= 11 is 0. The van der Waals surface area contributed by atoms with E-state index in [1.54, 1.807) is 19.1 Å². The molecule has 0 unspecified atom stereocenters. The third-order valence-electron chi connectivity index (χ3n) is 7.17. The summed E-state index contributed by atoms with van der Waals surface area (Å²) in [6.07, 6.45) is 5.66. The first-order valence-corrected chi connectivity index (χ1v) is 12.8. The van der Waals surface area contributed by atoms with Crippen molar-refractivity contribution >= 4 is 22.7 Å². The van der Waals surface area contributed by atoms with Crippen molar-refractivity contribution in [1.29, 1.82) is 0 Å². The van der Waals surface area contributed by atoms with Gasteiger partial charge in [-0.05, 0) is 62.4 Å². The minimum absolute atomic E-state index is 0.0291. The van der Waals surface area contributed by atoms with Gasteiger partial charge in [-0.3, -0.25) is 9.59 Å². The fourth-order valence-corrected chi connectivity index (χ4v) is 4.74. The van der Waals surface area contributed by atoms with Crippen LogP contribution in [0.3, 0.4) is 0 Å². The normalized spacial score (nSPS) is 13.5. The summed E-state index contributed by atoms with van der Waals surface area (Å²) in [6.45, 7) is 5.01. The minimum atomic E-state index is -0.0500. The number of hydrogen-bond acceptors (Lipinski definition) is 4. The topological polar surface area (TPSA) is 74.9 Å². The molecule has 1 aliphatic carbocycles. The van der Waals surface area contributed by atoms with Gasteiger partial charge in [-0.25, -0.2) is 0 Å². The van der Waals surface area contributed by atoms with Gasteiger partial charge in [0, 0.05) is 42.1 Å². The summed E-state index contributed by atoms with van der Waals surface area (Å²) in [4.78, 5) is 33.6.